The average Bonchev–Trinajstić information content (AvgIpc) is 2.13. The highest BCUT2D eigenvalue weighted by Gasteiger charge is 2.25. The van der Waals surface area contributed by atoms with Crippen molar-refractivity contribution in [2.45, 2.75) is 46.6 Å². The van der Waals surface area contributed by atoms with E-state index in [1.807, 2.05) is 24.3 Å². The zero-order chi connectivity index (χ0) is 14.0. The number of nitrogens with one attached hydrogen (secondary N) is 1. The third-order valence-corrected chi connectivity index (χ3v) is 2.86. The van der Waals surface area contributed by atoms with Gasteiger partial charge in [-0.15, -0.1) is 0 Å². The first kappa shape index (κ1) is 15.0. The first-order valence-electron chi connectivity index (χ1n) is 6.28. The monoisotopic (exact) mass is 264 g/mol. The number of rotatable bonds is 4. The molecule has 1 aromatic carbocycles. The van der Waals surface area contributed by atoms with Crippen LogP contribution in [0.2, 0.25) is 0 Å². The van der Waals surface area contributed by atoms with Gasteiger partial charge in [-0.25, -0.2) is 0 Å². The number of hydrogen-bond donors (Lipinski definition) is 2. The molecule has 3 N–H and O–H groups in total. The molecule has 0 spiro atoms. The van der Waals surface area contributed by atoms with Gasteiger partial charge in [-0.3, -0.25) is 0 Å². The van der Waals surface area contributed by atoms with Crippen LogP contribution >= 0.6 is 12.2 Å². The molecule has 1 aromatic rings. The topological polar surface area (TPSA) is 38.0 Å². The lowest BCUT2D eigenvalue weighted by molar-refractivity contribution is 0.302. The Morgan fingerprint density at radius 2 is 1.72 bits per heavy atom. The van der Waals surface area contributed by atoms with E-state index in [0.29, 0.717) is 4.99 Å². The maximum absolute atomic E-state index is 5.75. The smallest absolute Gasteiger partial charge is 0.106 e. The summed E-state index contributed by atoms with van der Waals surface area (Å²) >= 11 is 5.09. The highest BCUT2D eigenvalue weighted by Crippen LogP contribution is 2.30. The standard InChI is InChI=1S/C15H24N2S/c1-14(2,3)10-15(4,5)17-12-9-7-6-8-11(12)13(16)18/h6-9,17H,10H2,1-5H3,(H2,16,18). The maximum atomic E-state index is 5.75. The fourth-order valence-corrected chi connectivity index (χ4v) is 2.72. The Kier molecular flexibility index (Phi) is 4.38. The van der Waals surface area contributed by atoms with E-state index >= 15 is 0 Å². The van der Waals surface area contributed by atoms with Crippen molar-refractivity contribution in [1.82, 2.24) is 0 Å². The van der Waals surface area contributed by atoms with Crippen LogP contribution in [0.25, 0.3) is 0 Å². The van der Waals surface area contributed by atoms with Crippen LogP contribution in [-0.2, 0) is 0 Å². The molecule has 0 atom stereocenters. The van der Waals surface area contributed by atoms with Crippen molar-refractivity contribution < 1.29 is 0 Å². The lowest BCUT2D eigenvalue weighted by atomic mass is 9.81. The number of thiocarbonyl (C=S) groups is 1. The molecular formula is C15H24N2S. The van der Waals surface area contributed by atoms with E-state index in [9.17, 15) is 0 Å². The van der Waals surface area contributed by atoms with Gasteiger partial charge in [0.15, 0.2) is 0 Å². The van der Waals surface area contributed by atoms with Crippen LogP contribution in [0.4, 0.5) is 5.69 Å². The van der Waals surface area contributed by atoms with Gasteiger partial charge in [-0.2, -0.15) is 0 Å². The van der Waals surface area contributed by atoms with E-state index in [4.69, 9.17) is 18.0 Å². The second kappa shape index (κ2) is 5.27. The highest BCUT2D eigenvalue weighted by molar-refractivity contribution is 7.80. The van der Waals surface area contributed by atoms with E-state index < -0.39 is 0 Å². The predicted molar refractivity (Wildman–Crippen MR) is 84.1 cm³/mol. The van der Waals surface area contributed by atoms with Crippen LogP contribution in [0.15, 0.2) is 24.3 Å². The number of anilines is 1. The number of para-hydroxylation sites is 1. The molecule has 0 heterocycles. The van der Waals surface area contributed by atoms with Crippen LogP contribution in [0.5, 0.6) is 0 Å². The Morgan fingerprint density at radius 3 is 2.22 bits per heavy atom. The SMILES string of the molecule is CC(C)(C)CC(C)(C)Nc1ccccc1C(N)=S. The molecule has 0 aliphatic heterocycles. The Hall–Kier alpha value is -1.09. The zero-order valence-electron chi connectivity index (χ0n) is 12.0. The molecule has 18 heavy (non-hydrogen) atoms. The third-order valence-electron chi connectivity index (χ3n) is 2.64. The normalized spacial score (nSPS) is 12.3. The summed E-state index contributed by atoms with van der Waals surface area (Å²) in [5, 5.41) is 3.56. The van der Waals surface area contributed by atoms with Crippen molar-refractivity contribution in [3.8, 4) is 0 Å². The molecule has 0 bridgehead atoms. The Labute approximate surface area is 116 Å². The predicted octanol–water partition coefficient (Wildman–Crippen LogP) is 3.95. The lowest BCUT2D eigenvalue weighted by Crippen LogP contribution is -2.36. The van der Waals surface area contributed by atoms with E-state index in [-0.39, 0.29) is 11.0 Å². The molecule has 1 rings (SSSR count). The summed E-state index contributed by atoms with van der Waals surface area (Å²) in [4.78, 5) is 0.435. The summed E-state index contributed by atoms with van der Waals surface area (Å²) in [5.41, 5.74) is 7.95. The van der Waals surface area contributed by atoms with Crippen LogP contribution in [0.1, 0.15) is 46.6 Å². The summed E-state index contributed by atoms with van der Waals surface area (Å²) < 4.78 is 0. The summed E-state index contributed by atoms with van der Waals surface area (Å²) in [6.07, 6.45) is 1.06. The molecule has 0 saturated heterocycles. The van der Waals surface area contributed by atoms with E-state index in [0.717, 1.165) is 17.7 Å². The van der Waals surface area contributed by atoms with Crippen molar-refractivity contribution in [1.29, 1.82) is 0 Å². The van der Waals surface area contributed by atoms with Gasteiger partial charge in [0.05, 0.1) is 0 Å². The van der Waals surface area contributed by atoms with E-state index in [1.165, 1.54) is 0 Å². The van der Waals surface area contributed by atoms with Gasteiger partial charge in [0, 0.05) is 16.8 Å². The first-order valence-corrected chi connectivity index (χ1v) is 6.69. The van der Waals surface area contributed by atoms with Crippen molar-refractivity contribution >= 4 is 22.9 Å². The molecule has 2 nitrogen and oxygen atoms in total. The second-order valence-electron chi connectivity index (χ2n) is 6.66. The third kappa shape index (κ3) is 4.65. The molecule has 0 aliphatic rings. The summed E-state index contributed by atoms with van der Waals surface area (Å²) in [7, 11) is 0. The van der Waals surface area contributed by atoms with Crippen molar-refractivity contribution in [3.63, 3.8) is 0 Å². The van der Waals surface area contributed by atoms with Crippen molar-refractivity contribution in [3.05, 3.63) is 29.8 Å². The largest absolute Gasteiger partial charge is 0.389 e. The Balaban J connectivity index is 2.94. The molecule has 0 fully saturated rings. The molecule has 0 aliphatic carbocycles. The average molecular weight is 264 g/mol. The van der Waals surface area contributed by atoms with Gasteiger partial charge in [-0.05, 0) is 37.8 Å². The van der Waals surface area contributed by atoms with Gasteiger partial charge in [0.2, 0.25) is 0 Å². The summed E-state index contributed by atoms with van der Waals surface area (Å²) in [6.45, 7) is 11.1. The van der Waals surface area contributed by atoms with E-state index in [2.05, 4.69) is 39.9 Å². The van der Waals surface area contributed by atoms with E-state index in [1.54, 1.807) is 0 Å². The molecule has 0 aromatic heterocycles. The van der Waals surface area contributed by atoms with Crippen LogP contribution in [0.3, 0.4) is 0 Å². The van der Waals surface area contributed by atoms with Crippen molar-refractivity contribution in [2.24, 2.45) is 11.1 Å². The minimum absolute atomic E-state index is 0.000856. The molecule has 0 amide bonds. The summed E-state index contributed by atoms with van der Waals surface area (Å²) in [5.74, 6) is 0. The maximum Gasteiger partial charge on any atom is 0.106 e. The zero-order valence-corrected chi connectivity index (χ0v) is 12.8. The summed E-state index contributed by atoms with van der Waals surface area (Å²) in [6, 6.07) is 7.93. The fraction of sp³-hybridized carbons (Fsp3) is 0.533. The number of hydrogen-bond acceptors (Lipinski definition) is 2. The first-order chi connectivity index (χ1) is 8.11. The van der Waals surface area contributed by atoms with Gasteiger partial charge in [0.25, 0.3) is 0 Å². The van der Waals surface area contributed by atoms with Crippen LogP contribution < -0.4 is 11.1 Å². The molecule has 0 saturated carbocycles. The minimum atomic E-state index is -0.000856. The molecule has 0 unspecified atom stereocenters. The van der Waals surface area contributed by atoms with Crippen LogP contribution in [-0.4, -0.2) is 10.5 Å². The fourth-order valence-electron chi connectivity index (χ4n) is 2.54. The Morgan fingerprint density at radius 1 is 1.17 bits per heavy atom. The number of nitrogens with two attached hydrogens (primary N) is 1. The second-order valence-corrected chi connectivity index (χ2v) is 7.10. The molecule has 0 radical (unpaired) electrons. The molecule has 100 valence electrons. The molecular weight excluding hydrogens is 240 g/mol. The highest BCUT2D eigenvalue weighted by atomic mass is 32.1. The quantitative estimate of drug-likeness (QED) is 0.809. The van der Waals surface area contributed by atoms with Gasteiger partial charge >= 0.3 is 0 Å². The Bertz CT molecular complexity index is 430. The number of benzene rings is 1. The lowest BCUT2D eigenvalue weighted by Gasteiger charge is -2.34. The minimum Gasteiger partial charge on any atom is -0.389 e. The van der Waals surface area contributed by atoms with Crippen molar-refractivity contribution in [2.75, 3.05) is 5.32 Å². The van der Waals surface area contributed by atoms with Crippen LogP contribution in [0, 0.1) is 5.41 Å². The molecule has 3 heteroatoms. The van der Waals surface area contributed by atoms with Gasteiger partial charge in [0.1, 0.15) is 4.99 Å². The van der Waals surface area contributed by atoms with Gasteiger partial charge < -0.3 is 11.1 Å². The van der Waals surface area contributed by atoms with Gasteiger partial charge in [-0.1, -0.05) is 45.1 Å².